The number of ether oxygens (including phenoxy) is 3. The predicted octanol–water partition coefficient (Wildman–Crippen LogP) is 4.27. The van der Waals surface area contributed by atoms with Gasteiger partial charge in [0.1, 0.15) is 18.1 Å². The molecule has 5 nitrogen and oxygen atoms in total. The average Bonchev–Trinajstić information content (AvgIpc) is 2.78. The van der Waals surface area contributed by atoms with Crippen molar-refractivity contribution in [2.75, 3.05) is 19.9 Å². The normalized spacial score (nSPS) is 13.0. The molecular formula is C24H23NO4. The van der Waals surface area contributed by atoms with Gasteiger partial charge in [0.2, 0.25) is 0 Å². The quantitative estimate of drug-likeness (QED) is 0.540. The number of hydrogen-bond donors (Lipinski definition) is 0. The SMILES string of the molecule is O=C1c2cc(OCc3ccccc3)ccc2OCN1CCOCc1ccccc1. The summed E-state index contributed by atoms with van der Waals surface area (Å²) in [5.41, 5.74) is 2.70. The van der Waals surface area contributed by atoms with E-state index >= 15 is 0 Å². The van der Waals surface area contributed by atoms with E-state index < -0.39 is 0 Å². The molecule has 0 saturated carbocycles. The summed E-state index contributed by atoms with van der Waals surface area (Å²) in [6, 6.07) is 25.3. The number of amides is 1. The minimum atomic E-state index is -0.0697. The first-order valence-corrected chi connectivity index (χ1v) is 9.64. The molecule has 0 N–H and O–H groups in total. The van der Waals surface area contributed by atoms with Gasteiger partial charge >= 0.3 is 0 Å². The standard InChI is InChI=1S/C24H23NO4/c26-24-22-15-21(28-17-20-9-5-2-6-10-20)11-12-23(22)29-18-25(24)13-14-27-16-19-7-3-1-4-8-19/h1-12,15H,13-14,16-18H2. The first-order valence-electron chi connectivity index (χ1n) is 9.64. The number of carbonyl (C=O) groups excluding carboxylic acids is 1. The smallest absolute Gasteiger partial charge is 0.260 e. The molecule has 0 radical (unpaired) electrons. The monoisotopic (exact) mass is 389 g/mol. The zero-order valence-corrected chi connectivity index (χ0v) is 16.1. The van der Waals surface area contributed by atoms with E-state index in [1.807, 2.05) is 66.7 Å². The Kier molecular flexibility index (Phi) is 6.07. The van der Waals surface area contributed by atoms with E-state index in [0.717, 1.165) is 11.1 Å². The van der Waals surface area contributed by atoms with Crippen molar-refractivity contribution in [2.24, 2.45) is 0 Å². The van der Waals surface area contributed by atoms with Gasteiger partial charge in [0.15, 0.2) is 6.73 Å². The molecule has 0 aliphatic carbocycles. The fraction of sp³-hybridized carbons (Fsp3) is 0.208. The molecule has 0 aromatic heterocycles. The lowest BCUT2D eigenvalue weighted by molar-refractivity contribution is 0.0357. The molecule has 4 rings (SSSR count). The molecule has 1 aliphatic heterocycles. The van der Waals surface area contributed by atoms with E-state index in [9.17, 15) is 4.79 Å². The second-order valence-corrected chi connectivity index (χ2v) is 6.81. The largest absolute Gasteiger partial charge is 0.489 e. The number of hydrogen-bond acceptors (Lipinski definition) is 4. The predicted molar refractivity (Wildman–Crippen MR) is 110 cm³/mol. The highest BCUT2D eigenvalue weighted by molar-refractivity contribution is 5.98. The molecule has 0 spiro atoms. The zero-order chi connectivity index (χ0) is 19.9. The van der Waals surface area contributed by atoms with Gasteiger partial charge in [-0.25, -0.2) is 0 Å². The molecule has 3 aromatic carbocycles. The summed E-state index contributed by atoms with van der Waals surface area (Å²) in [6.07, 6.45) is 0. The summed E-state index contributed by atoms with van der Waals surface area (Å²) >= 11 is 0. The maximum absolute atomic E-state index is 12.8. The molecule has 1 heterocycles. The van der Waals surface area contributed by atoms with Gasteiger partial charge in [-0.05, 0) is 29.3 Å². The summed E-state index contributed by atoms with van der Waals surface area (Å²) in [4.78, 5) is 14.5. The first-order chi connectivity index (χ1) is 14.3. The van der Waals surface area contributed by atoms with Crippen LogP contribution in [0, 0.1) is 0 Å². The van der Waals surface area contributed by atoms with E-state index in [0.29, 0.717) is 43.4 Å². The highest BCUT2D eigenvalue weighted by Gasteiger charge is 2.26. The molecule has 1 aliphatic rings. The van der Waals surface area contributed by atoms with Gasteiger partial charge in [-0.2, -0.15) is 0 Å². The maximum Gasteiger partial charge on any atom is 0.260 e. The molecule has 0 saturated heterocycles. The lowest BCUT2D eigenvalue weighted by Gasteiger charge is -2.29. The Morgan fingerprint density at radius 3 is 2.28 bits per heavy atom. The average molecular weight is 389 g/mol. The van der Waals surface area contributed by atoms with Gasteiger partial charge in [-0.1, -0.05) is 60.7 Å². The highest BCUT2D eigenvalue weighted by atomic mass is 16.5. The zero-order valence-electron chi connectivity index (χ0n) is 16.1. The fourth-order valence-electron chi connectivity index (χ4n) is 3.11. The van der Waals surface area contributed by atoms with Crippen LogP contribution in [-0.4, -0.2) is 30.7 Å². The van der Waals surface area contributed by atoms with Crippen LogP contribution in [0.1, 0.15) is 21.5 Å². The van der Waals surface area contributed by atoms with Crippen LogP contribution in [0.2, 0.25) is 0 Å². The van der Waals surface area contributed by atoms with Crippen LogP contribution in [0.15, 0.2) is 78.9 Å². The molecule has 0 bridgehead atoms. The van der Waals surface area contributed by atoms with Crippen molar-refractivity contribution in [1.82, 2.24) is 4.90 Å². The summed E-state index contributed by atoms with van der Waals surface area (Å²) in [5.74, 6) is 1.16. The van der Waals surface area contributed by atoms with E-state index in [1.165, 1.54) is 0 Å². The molecule has 0 fully saturated rings. The van der Waals surface area contributed by atoms with Gasteiger partial charge in [-0.3, -0.25) is 4.79 Å². The Labute approximate surface area is 170 Å². The van der Waals surface area contributed by atoms with Crippen LogP contribution >= 0.6 is 0 Å². The summed E-state index contributed by atoms with van der Waals surface area (Å²) in [5, 5.41) is 0. The Morgan fingerprint density at radius 2 is 1.55 bits per heavy atom. The molecule has 5 heteroatoms. The van der Waals surface area contributed by atoms with Crippen LogP contribution < -0.4 is 9.47 Å². The number of fused-ring (bicyclic) bond motifs is 1. The van der Waals surface area contributed by atoms with Crippen molar-refractivity contribution in [3.05, 3.63) is 95.6 Å². The van der Waals surface area contributed by atoms with Crippen LogP contribution in [0.4, 0.5) is 0 Å². The second kappa shape index (κ2) is 9.26. The van der Waals surface area contributed by atoms with Crippen molar-refractivity contribution in [1.29, 1.82) is 0 Å². The van der Waals surface area contributed by atoms with E-state index in [2.05, 4.69) is 0 Å². The summed E-state index contributed by atoms with van der Waals surface area (Å²) in [7, 11) is 0. The van der Waals surface area contributed by atoms with E-state index in [1.54, 1.807) is 17.0 Å². The van der Waals surface area contributed by atoms with E-state index in [-0.39, 0.29) is 12.6 Å². The molecular weight excluding hydrogens is 366 g/mol. The van der Waals surface area contributed by atoms with Crippen molar-refractivity contribution >= 4 is 5.91 Å². The van der Waals surface area contributed by atoms with Gasteiger partial charge < -0.3 is 19.1 Å². The lowest BCUT2D eigenvalue weighted by Crippen LogP contribution is -2.40. The third kappa shape index (κ3) is 4.95. The Hall–Kier alpha value is -3.31. The van der Waals surface area contributed by atoms with Gasteiger partial charge in [-0.15, -0.1) is 0 Å². The van der Waals surface area contributed by atoms with Crippen LogP contribution in [0.25, 0.3) is 0 Å². The third-order valence-electron chi connectivity index (χ3n) is 4.71. The van der Waals surface area contributed by atoms with Crippen LogP contribution in [0.5, 0.6) is 11.5 Å². The van der Waals surface area contributed by atoms with Gasteiger partial charge in [0.05, 0.1) is 18.8 Å². The lowest BCUT2D eigenvalue weighted by atomic mass is 10.1. The van der Waals surface area contributed by atoms with Gasteiger partial charge in [0, 0.05) is 6.54 Å². The van der Waals surface area contributed by atoms with Crippen LogP contribution in [0.3, 0.4) is 0 Å². The van der Waals surface area contributed by atoms with E-state index in [4.69, 9.17) is 14.2 Å². The van der Waals surface area contributed by atoms with Crippen molar-refractivity contribution in [3.63, 3.8) is 0 Å². The van der Waals surface area contributed by atoms with Crippen molar-refractivity contribution in [2.45, 2.75) is 13.2 Å². The number of benzene rings is 3. The fourth-order valence-corrected chi connectivity index (χ4v) is 3.11. The third-order valence-corrected chi connectivity index (χ3v) is 4.71. The summed E-state index contributed by atoms with van der Waals surface area (Å²) < 4.78 is 17.3. The molecule has 0 atom stereocenters. The van der Waals surface area contributed by atoms with Crippen molar-refractivity contribution < 1.29 is 19.0 Å². The maximum atomic E-state index is 12.8. The molecule has 3 aromatic rings. The summed E-state index contributed by atoms with van der Waals surface area (Å²) in [6.45, 7) is 2.12. The second-order valence-electron chi connectivity index (χ2n) is 6.81. The number of nitrogens with zero attached hydrogens (tertiary/aromatic N) is 1. The molecule has 29 heavy (non-hydrogen) atoms. The molecule has 1 amide bonds. The topological polar surface area (TPSA) is 48.0 Å². The Morgan fingerprint density at radius 1 is 0.862 bits per heavy atom. The van der Waals surface area contributed by atoms with Crippen LogP contribution in [-0.2, 0) is 18.0 Å². The minimum absolute atomic E-state index is 0.0697. The van der Waals surface area contributed by atoms with Crippen molar-refractivity contribution in [3.8, 4) is 11.5 Å². The first kappa shape index (κ1) is 19.0. The highest BCUT2D eigenvalue weighted by Crippen LogP contribution is 2.29. The molecule has 0 unspecified atom stereocenters. The Bertz CT molecular complexity index is 944. The molecule has 148 valence electrons. The Balaban J connectivity index is 1.32. The number of carbonyl (C=O) groups is 1. The minimum Gasteiger partial charge on any atom is -0.489 e. The number of rotatable bonds is 8. The van der Waals surface area contributed by atoms with Gasteiger partial charge in [0.25, 0.3) is 5.91 Å².